The highest BCUT2D eigenvalue weighted by Gasteiger charge is 2.40. The standard InChI is InChI=1S/C8H11NO4/c9-5-3-1-13-2-4(3)6(10)8(12)7(5)11/h3-4,10-12H,1-2,9H2/t3-,4+/m0/s1. The van der Waals surface area contributed by atoms with Crippen LogP contribution in [0.15, 0.2) is 23.0 Å². The maximum atomic E-state index is 9.44. The lowest BCUT2D eigenvalue weighted by molar-refractivity contribution is 0.176. The molecular weight excluding hydrogens is 174 g/mol. The average molecular weight is 185 g/mol. The molecule has 0 bridgehead atoms. The molecule has 72 valence electrons. The molecule has 2 aliphatic rings. The van der Waals surface area contributed by atoms with E-state index in [-0.39, 0.29) is 23.3 Å². The summed E-state index contributed by atoms with van der Waals surface area (Å²) in [5.74, 6) is -1.70. The first-order chi connectivity index (χ1) is 6.13. The first kappa shape index (κ1) is 8.25. The normalized spacial score (nSPS) is 33.8. The van der Waals surface area contributed by atoms with Crippen LogP contribution in [0.25, 0.3) is 0 Å². The van der Waals surface area contributed by atoms with Gasteiger partial charge in [-0.15, -0.1) is 0 Å². The molecule has 0 aromatic carbocycles. The second-order valence-corrected chi connectivity index (χ2v) is 3.29. The molecule has 0 spiro atoms. The van der Waals surface area contributed by atoms with Crippen molar-refractivity contribution in [3.8, 4) is 0 Å². The van der Waals surface area contributed by atoms with E-state index in [4.69, 9.17) is 10.5 Å². The first-order valence-electron chi connectivity index (χ1n) is 4.01. The van der Waals surface area contributed by atoms with Crippen molar-refractivity contribution in [2.75, 3.05) is 13.2 Å². The molecule has 1 aliphatic carbocycles. The number of nitrogens with two attached hydrogens (primary N) is 1. The van der Waals surface area contributed by atoms with Crippen LogP contribution in [0.5, 0.6) is 0 Å². The second-order valence-electron chi connectivity index (χ2n) is 3.29. The van der Waals surface area contributed by atoms with Crippen molar-refractivity contribution < 1.29 is 20.1 Å². The van der Waals surface area contributed by atoms with Crippen LogP contribution in [-0.4, -0.2) is 28.5 Å². The molecule has 1 saturated heterocycles. The fourth-order valence-corrected chi connectivity index (χ4v) is 1.74. The molecular formula is C8H11NO4. The Labute approximate surface area is 74.7 Å². The van der Waals surface area contributed by atoms with E-state index in [0.29, 0.717) is 13.2 Å². The highest BCUT2D eigenvalue weighted by atomic mass is 16.5. The van der Waals surface area contributed by atoms with E-state index in [2.05, 4.69) is 0 Å². The Kier molecular flexibility index (Phi) is 1.63. The number of hydrogen-bond donors (Lipinski definition) is 4. The van der Waals surface area contributed by atoms with E-state index in [9.17, 15) is 15.3 Å². The Morgan fingerprint density at radius 3 is 2.38 bits per heavy atom. The van der Waals surface area contributed by atoms with Crippen LogP contribution >= 0.6 is 0 Å². The topological polar surface area (TPSA) is 95.9 Å². The summed E-state index contributed by atoms with van der Waals surface area (Å²) >= 11 is 0. The van der Waals surface area contributed by atoms with Crippen molar-refractivity contribution in [2.45, 2.75) is 0 Å². The van der Waals surface area contributed by atoms with Gasteiger partial charge in [-0.3, -0.25) is 0 Å². The maximum absolute atomic E-state index is 9.44. The van der Waals surface area contributed by atoms with Gasteiger partial charge in [-0.05, 0) is 0 Å². The Balaban J connectivity index is 2.47. The van der Waals surface area contributed by atoms with E-state index >= 15 is 0 Å². The Bertz CT molecular complexity index is 277. The third-order valence-corrected chi connectivity index (χ3v) is 2.57. The zero-order valence-corrected chi connectivity index (χ0v) is 6.90. The molecule has 0 amide bonds. The number of fused-ring (bicyclic) bond motifs is 1. The quantitative estimate of drug-likeness (QED) is 0.436. The fourth-order valence-electron chi connectivity index (χ4n) is 1.74. The minimum absolute atomic E-state index is 0.192. The van der Waals surface area contributed by atoms with Crippen LogP contribution in [0.2, 0.25) is 0 Å². The molecule has 0 aromatic heterocycles. The van der Waals surface area contributed by atoms with Crippen molar-refractivity contribution >= 4 is 0 Å². The molecule has 0 saturated carbocycles. The number of rotatable bonds is 0. The summed E-state index contributed by atoms with van der Waals surface area (Å²) in [6, 6.07) is 0. The molecule has 0 radical (unpaired) electrons. The average Bonchev–Trinajstić information content (AvgIpc) is 2.59. The Morgan fingerprint density at radius 1 is 1.08 bits per heavy atom. The largest absolute Gasteiger partial charge is 0.508 e. The van der Waals surface area contributed by atoms with E-state index < -0.39 is 11.5 Å². The molecule has 2 atom stereocenters. The van der Waals surface area contributed by atoms with E-state index in [1.807, 2.05) is 0 Å². The lowest BCUT2D eigenvalue weighted by atomic mass is 9.86. The minimum atomic E-state index is -0.524. The van der Waals surface area contributed by atoms with Gasteiger partial charge in [0.15, 0.2) is 11.5 Å². The smallest absolute Gasteiger partial charge is 0.198 e. The monoisotopic (exact) mass is 185 g/mol. The summed E-state index contributed by atoms with van der Waals surface area (Å²) in [7, 11) is 0. The number of aliphatic hydroxyl groups is 3. The highest BCUT2D eigenvalue weighted by molar-refractivity contribution is 5.34. The predicted octanol–water partition coefficient (Wildman–Crippen LogP) is 0.319. The van der Waals surface area contributed by atoms with Crippen molar-refractivity contribution in [1.82, 2.24) is 0 Å². The van der Waals surface area contributed by atoms with Gasteiger partial charge < -0.3 is 25.8 Å². The Morgan fingerprint density at radius 2 is 1.69 bits per heavy atom. The third kappa shape index (κ3) is 0.968. The molecule has 5 heteroatoms. The third-order valence-electron chi connectivity index (χ3n) is 2.57. The fraction of sp³-hybridized carbons (Fsp3) is 0.500. The van der Waals surface area contributed by atoms with Crippen molar-refractivity contribution in [1.29, 1.82) is 0 Å². The molecule has 2 rings (SSSR count). The molecule has 0 unspecified atom stereocenters. The molecule has 1 fully saturated rings. The van der Waals surface area contributed by atoms with Gasteiger partial charge in [-0.25, -0.2) is 0 Å². The van der Waals surface area contributed by atoms with Gasteiger partial charge in [0.25, 0.3) is 0 Å². The molecule has 1 heterocycles. The van der Waals surface area contributed by atoms with Crippen LogP contribution in [0.3, 0.4) is 0 Å². The van der Waals surface area contributed by atoms with Crippen molar-refractivity contribution in [3.05, 3.63) is 23.0 Å². The summed E-state index contributed by atoms with van der Waals surface area (Å²) in [6.45, 7) is 0.701. The van der Waals surface area contributed by atoms with Gasteiger partial charge in [0, 0.05) is 5.92 Å². The van der Waals surface area contributed by atoms with Crippen LogP contribution in [0.1, 0.15) is 0 Å². The lowest BCUT2D eigenvalue weighted by Crippen LogP contribution is -2.28. The van der Waals surface area contributed by atoms with E-state index in [0.717, 1.165) is 0 Å². The SMILES string of the molecule is NC1=C(O)C(O)=C(O)[C@@H]2COC[C@H]12. The molecule has 0 aromatic rings. The molecule has 13 heavy (non-hydrogen) atoms. The molecule has 5 nitrogen and oxygen atoms in total. The maximum Gasteiger partial charge on any atom is 0.198 e. The summed E-state index contributed by atoms with van der Waals surface area (Å²) in [5, 5.41) is 28.0. The van der Waals surface area contributed by atoms with Gasteiger partial charge in [0.1, 0.15) is 5.76 Å². The first-order valence-corrected chi connectivity index (χ1v) is 4.01. The van der Waals surface area contributed by atoms with Gasteiger partial charge in [-0.2, -0.15) is 0 Å². The summed E-state index contributed by atoms with van der Waals surface area (Å²) in [5.41, 5.74) is 5.75. The highest BCUT2D eigenvalue weighted by Crippen LogP contribution is 2.37. The number of ether oxygens (including phenoxy) is 1. The van der Waals surface area contributed by atoms with Gasteiger partial charge in [0.2, 0.25) is 0 Å². The van der Waals surface area contributed by atoms with E-state index in [1.165, 1.54) is 0 Å². The Hall–Kier alpha value is -1.36. The van der Waals surface area contributed by atoms with Crippen LogP contribution < -0.4 is 5.73 Å². The zero-order valence-electron chi connectivity index (χ0n) is 6.90. The zero-order chi connectivity index (χ0) is 9.59. The van der Waals surface area contributed by atoms with Crippen LogP contribution in [0.4, 0.5) is 0 Å². The van der Waals surface area contributed by atoms with Gasteiger partial charge in [0.05, 0.1) is 24.8 Å². The van der Waals surface area contributed by atoms with E-state index in [1.54, 1.807) is 0 Å². The predicted molar refractivity (Wildman–Crippen MR) is 43.9 cm³/mol. The number of hydrogen-bond acceptors (Lipinski definition) is 5. The van der Waals surface area contributed by atoms with Gasteiger partial charge >= 0.3 is 0 Å². The molecule has 1 aliphatic heterocycles. The van der Waals surface area contributed by atoms with Crippen LogP contribution in [-0.2, 0) is 4.74 Å². The number of aliphatic hydroxyl groups excluding tert-OH is 3. The lowest BCUT2D eigenvalue weighted by Gasteiger charge is -2.23. The molecule has 5 N–H and O–H groups in total. The minimum Gasteiger partial charge on any atom is -0.508 e. The van der Waals surface area contributed by atoms with Gasteiger partial charge in [-0.1, -0.05) is 0 Å². The van der Waals surface area contributed by atoms with Crippen molar-refractivity contribution in [3.63, 3.8) is 0 Å². The van der Waals surface area contributed by atoms with Crippen LogP contribution in [0, 0.1) is 11.8 Å². The summed E-state index contributed by atoms with van der Waals surface area (Å²) in [6.07, 6.45) is 0. The summed E-state index contributed by atoms with van der Waals surface area (Å²) < 4.78 is 5.10. The summed E-state index contributed by atoms with van der Waals surface area (Å²) in [4.78, 5) is 0. The van der Waals surface area contributed by atoms with Crippen molar-refractivity contribution in [2.24, 2.45) is 17.6 Å². The second kappa shape index (κ2) is 2.56.